The zero-order valence-corrected chi connectivity index (χ0v) is 17.9. The number of rotatable bonds is 8. The van der Waals surface area contributed by atoms with E-state index in [1.54, 1.807) is 36.0 Å². The van der Waals surface area contributed by atoms with Gasteiger partial charge in [-0.25, -0.2) is 8.42 Å². The molecular weight excluding hydrogens is 434 g/mol. The summed E-state index contributed by atoms with van der Waals surface area (Å²) in [5.74, 6) is 0.698. The molecule has 1 N–H and O–H groups in total. The predicted octanol–water partition coefficient (Wildman–Crippen LogP) is 3.84. The van der Waals surface area contributed by atoms with E-state index in [9.17, 15) is 13.2 Å². The van der Waals surface area contributed by atoms with E-state index in [1.165, 1.54) is 12.1 Å². The van der Waals surface area contributed by atoms with Crippen LogP contribution in [0.4, 0.5) is 6.01 Å². The molecule has 10 heteroatoms. The fraction of sp³-hybridized carbons (Fsp3) is 0.211. The van der Waals surface area contributed by atoms with E-state index in [4.69, 9.17) is 16.0 Å². The van der Waals surface area contributed by atoms with Gasteiger partial charge in [0.05, 0.1) is 11.3 Å². The number of nitrogens with one attached hydrogen (secondary N) is 1. The molecular formula is C19H18ClN3O4S2. The number of anilines is 1. The Labute approximate surface area is 177 Å². The van der Waals surface area contributed by atoms with Gasteiger partial charge in [-0.05, 0) is 42.0 Å². The van der Waals surface area contributed by atoms with E-state index in [-0.39, 0.29) is 23.2 Å². The molecule has 0 spiro atoms. The van der Waals surface area contributed by atoms with Crippen LogP contribution in [0, 0.1) is 0 Å². The van der Waals surface area contributed by atoms with Gasteiger partial charge in [-0.2, -0.15) is 0 Å². The molecule has 0 aliphatic carbocycles. The Hall–Kier alpha value is -2.36. The third kappa shape index (κ3) is 6.59. The second-order valence-electron chi connectivity index (χ2n) is 6.19. The topological polar surface area (TPSA) is 102 Å². The Kier molecular flexibility index (Phi) is 6.94. The number of carbonyl (C=O) groups is 1. The summed E-state index contributed by atoms with van der Waals surface area (Å²) >= 11 is 7.39. The average molecular weight is 452 g/mol. The standard InChI is InChI=1S/C19H18ClN3O4S2/c1-29(25,26)16-8-2-13(3-9-16)12-18-22-23-19(27-18)21-17(24)10-11-28-15-6-4-14(20)5-7-15/h2-9H,10-12H2,1H3,(H,21,23,24). The molecule has 0 saturated heterocycles. The van der Waals surface area contributed by atoms with E-state index in [2.05, 4.69) is 15.5 Å². The maximum atomic E-state index is 12.0. The summed E-state index contributed by atoms with van der Waals surface area (Å²) in [4.78, 5) is 13.3. The van der Waals surface area contributed by atoms with Crippen molar-refractivity contribution in [3.05, 3.63) is 65.0 Å². The lowest BCUT2D eigenvalue weighted by Gasteiger charge is -2.02. The molecule has 7 nitrogen and oxygen atoms in total. The van der Waals surface area contributed by atoms with Gasteiger partial charge in [-0.15, -0.1) is 16.9 Å². The van der Waals surface area contributed by atoms with Crippen LogP contribution >= 0.6 is 23.4 Å². The van der Waals surface area contributed by atoms with Gasteiger partial charge < -0.3 is 4.42 Å². The molecule has 0 fully saturated rings. The number of benzene rings is 2. The van der Waals surface area contributed by atoms with Crippen molar-refractivity contribution in [3.63, 3.8) is 0 Å². The minimum Gasteiger partial charge on any atom is -0.407 e. The van der Waals surface area contributed by atoms with Gasteiger partial charge in [0, 0.05) is 28.3 Å². The van der Waals surface area contributed by atoms with Gasteiger partial charge in [-0.1, -0.05) is 28.8 Å². The normalized spacial score (nSPS) is 11.4. The fourth-order valence-corrected chi connectivity index (χ4v) is 3.99. The molecule has 152 valence electrons. The van der Waals surface area contributed by atoms with Crippen LogP contribution in [-0.2, 0) is 21.1 Å². The van der Waals surface area contributed by atoms with Crippen molar-refractivity contribution in [1.82, 2.24) is 10.2 Å². The minimum absolute atomic E-state index is 0.0363. The Balaban J connectivity index is 1.48. The highest BCUT2D eigenvalue weighted by Crippen LogP contribution is 2.21. The number of nitrogens with zero attached hydrogens (tertiary/aromatic N) is 2. The van der Waals surface area contributed by atoms with Crippen LogP contribution in [0.15, 0.2) is 62.7 Å². The molecule has 0 aliphatic rings. The number of thioether (sulfide) groups is 1. The Morgan fingerprint density at radius 2 is 1.79 bits per heavy atom. The zero-order chi connectivity index (χ0) is 20.9. The molecule has 2 aromatic carbocycles. The molecule has 0 unspecified atom stereocenters. The summed E-state index contributed by atoms with van der Waals surface area (Å²) < 4.78 is 28.4. The third-order valence-corrected chi connectivity index (χ3v) is 6.23. The Morgan fingerprint density at radius 1 is 1.10 bits per heavy atom. The maximum Gasteiger partial charge on any atom is 0.322 e. The number of hydrogen-bond acceptors (Lipinski definition) is 7. The molecule has 0 saturated carbocycles. The van der Waals surface area contributed by atoms with Gasteiger partial charge >= 0.3 is 6.01 Å². The predicted molar refractivity (Wildman–Crippen MR) is 112 cm³/mol. The van der Waals surface area contributed by atoms with Crippen molar-refractivity contribution in [1.29, 1.82) is 0 Å². The zero-order valence-electron chi connectivity index (χ0n) is 15.5. The number of carbonyl (C=O) groups excluding carboxylic acids is 1. The third-order valence-electron chi connectivity index (χ3n) is 3.83. The Bertz CT molecular complexity index is 1080. The SMILES string of the molecule is CS(=O)(=O)c1ccc(Cc2nnc(NC(=O)CCSc3ccc(Cl)cc3)o2)cc1. The van der Waals surface area contributed by atoms with Crippen molar-refractivity contribution in [2.75, 3.05) is 17.3 Å². The lowest BCUT2D eigenvalue weighted by molar-refractivity contribution is -0.115. The highest BCUT2D eigenvalue weighted by atomic mass is 35.5. The van der Waals surface area contributed by atoms with Gasteiger partial charge in [0.25, 0.3) is 0 Å². The molecule has 1 heterocycles. The highest BCUT2D eigenvalue weighted by molar-refractivity contribution is 7.99. The summed E-state index contributed by atoms with van der Waals surface area (Å²) in [7, 11) is -3.24. The first-order valence-electron chi connectivity index (χ1n) is 8.59. The van der Waals surface area contributed by atoms with Gasteiger partial charge in [-0.3, -0.25) is 10.1 Å². The van der Waals surface area contributed by atoms with Crippen LogP contribution < -0.4 is 5.32 Å². The molecule has 1 aromatic heterocycles. The minimum atomic E-state index is -3.24. The fourth-order valence-electron chi connectivity index (χ4n) is 2.38. The quantitative estimate of drug-likeness (QED) is 0.519. The molecule has 3 rings (SSSR count). The number of sulfone groups is 1. The van der Waals surface area contributed by atoms with Crippen LogP contribution in [0.3, 0.4) is 0 Å². The van der Waals surface area contributed by atoms with Crippen molar-refractivity contribution in [2.45, 2.75) is 22.6 Å². The van der Waals surface area contributed by atoms with Crippen molar-refractivity contribution >= 4 is 45.1 Å². The summed E-state index contributed by atoms with van der Waals surface area (Å²) in [5, 5.41) is 11.0. The van der Waals surface area contributed by atoms with Crippen molar-refractivity contribution < 1.29 is 17.6 Å². The first kappa shape index (κ1) is 21.4. The van der Waals surface area contributed by atoms with E-state index >= 15 is 0 Å². The second kappa shape index (κ2) is 9.43. The smallest absolute Gasteiger partial charge is 0.322 e. The van der Waals surface area contributed by atoms with Crippen LogP contribution in [0.5, 0.6) is 0 Å². The first-order chi connectivity index (χ1) is 13.8. The number of hydrogen-bond donors (Lipinski definition) is 1. The number of aromatic nitrogens is 2. The monoisotopic (exact) mass is 451 g/mol. The summed E-state index contributed by atoms with van der Waals surface area (Å²) in [6, 6.07) is 13.9. The number of amides is 1. The summed E-state index contributed by atoms with van der Waals surface area (Å²) in [5.41, 5.74) is 0.818. The highest BCUT2D eigenvalue weighted by Gasteiger charge is 2.12. The first-order valence-corrected chi connectivity index (χ1v) is 11.8. The number of halogens is 1. The second-order valence-corrected chi connectivity index (χ2v) is 9.81. The lowest BCUT2D eigenvalue weighted by atomic mass is 10.1. The molecule has 1 amide bonds. The molecule has 0 aliphatic heterocycles. The van der Waals surface area contributed by atoms with E-state index < -0.39 is 9.84 Å². The molecule has 0 radical (unpaired) electrons. The van der Waals surface area contributed by atoms with Gasteiger partial charge in [0.15, 0.2) is 9.84 Å². The summed E-state index contributed by atoms with van der Waals surface area (Å²) in [6.45, 7) is 0. The lowest BCUT2D eigenvalue weighted by Crippen LogP contribution is -2.12. The molecule has 0 atom stereocenters. The van der Waals surface area contributed by atoms with E-state index in [0.29, 0.717) is 23.1 Å². The molecule has 0 bridgehead atoms. The molecule has 3 aromatic rings. The van der Waals surface area contributed by atoms with Crippen LogP contribution in [0.25, 0.3) is 0 Å². The van der Waals surface area contributed by atoms with Crippen LogP contribution in [0.2, 0.25) is 5.02 Å². The van der Waals surface area contributed by atoms with Gasteiger partial charge in [0.1, 0.15) is 0 Å². The van der Waals surface area contributed by atoms with Crippen LogP contribution in [-0.4, -0.2) is 36.5 Å². The van der Waals surface area contributed by atoms with E-state index in [0.717, 1.165) is 16.7 Å². The largest absolute Gasteiger partial charge is 0.407 e. The van der Waals surface area contributed by atoms with E-state index in [1.807, 2.05) is 12.1 Å². The Morgan fingerprint density at radius 3 is 2.45 bits per heavy atom. The van der Waals surface area contributed by atoms with Crippen LogP contribution in [0.1, 0.15) is 17.9 Å². The average Bonchev–Trinajstić information content (AvgIpc) is 3.10. The van der Waals surface area contributed by atoms with Gasteiger partial charge in [0.2, 0.25) is 11.8 Å². The summed E-state index contributed by atoms with van der Waals surface area (Å²) in [6.07, 6.45) is 1.78. The molecule has 29 heavy (non-hydrogen) atoms. The van der Waals surface area contributed by atoms with Crippen molar-refractivity contribution in [3.8, 4) is 0 Å². The maximum absolute atomic E-state index is 12.0. The van der Waals surface area contributed by atoms with Crippen molar-refractivity contribution in [2.24, 2.45) is 0 Å².